The maximum atomic E-state index is 13.2. The Morgan fingerprint density at radius 3 is 2.25 bits per heavy atom. The van der Waals surface area contributed by atoms with Crippen LogP contribution in [0.3, 0.4) is 0 Å². The monoisotopic (exact) mass is 486 g/mol. The molecule has 8 heteroatoms. The Balaban J connectivity index is 1.39. The maximum absolute atomic E-state index is 13.2. The van der Waals surface area contributed by atoms with Gasteiger partial charge in [-0.15, -0.1) is 0 Å². The fourth-order valence-corrected chi connectivity index (χ4v) is 4.34. The van der Waals surface area contributed by atoms with Crippen molar-refractivity contribution in [1.29, 1.82) is 0 Å². The lowest BCUT2D eigenvalue weighted by atomic mass is 9.89. The Hall–Kier alpha value is -4.20. The molecule has 0 bridgehead atoms. The van der Waals surface area contributed by atoms with Crippen molar-refractivity contribution < 1.29 is 19.1 Å². The summed E-state index contributed by atoms with van der Waals surface area (Å²) in [4.78, 5) is 43.1. The molecule has 1 saturated heterocycles. The third-order valence-corrected chi connectivity index (χ3v) is 6.43. The number of amides is 3. The Bertz CT molecular complexity index is 1250. The summed E-state index contributed by atoms with van der Waals surface area (Å²) in [5.41, 5.74) is 3.58. The average Bonchev–Trinajstić information content (AvgIpc) is 2.89. The number of carbonyl (C=O) groups is 3. The van der Waals surface area contributed by atoms with Crippen LogP contribution in [0.15, 0.2) is 60.8 Å². The summed E-state index contributed by atoms with van der Waals surface area (Å²) in [6.07, 6.45) is 3.20. The van der Waals surface area contributed by atoms with Gasteiger partial charge in [0, 0.05) is 37.5 Å². The maximum Gasteiger partial charge on any atom is 0.257 e. The smallest absolute Gasteiger partial charge is 0.257 e. The first-order chi connectivity index (χ1) is 17.3. The van der Waals surface area contributed by atoms with Gasteiger partial charge in [-0.25, -0.2) is 4.98 Å². The minimum absolute atomic E-state index is 0.0417. The number of pyridine rings is 1. The fraction of sp³-hybridized carbons (Fsp3) is 0.286. The summed E-state index contributed by atoms with van der Waals surface area (Å²) in [6, 6.07) is 16.7. The van der Waals surface area contributed by atoms with Crippen LogP contribution >= 0.6 is 0 Å². The normalized spacial score (nSPS) is 13.7. The standard InChI is InChI=1S/C28H30N4O4/c1-18-4-5-22(16-25(18)31-27(34)23-8-11-26(29-17-23)30-19(2)33)28(35)32-14-12-21(13-15-32)20-6-9-24(36-3)10-7-20/h4-11,16-17,21H,12-15H2,1-3H3,(H,31,34)(H,29,30,33). The molecule has 0 atom stereocenters. The number of methoxy groups -OCH3 is 1. The minimum Gasteiger partial charge on any atom is -0.497 e. The molecule has 2 N–H and O–H groups in total. The Morgan fingerprint density at radius 2 is 1.64 bits per heavy atom. The molecule has 1 aromatic heterocycles. The van der Waals surface area contributed by atoms with Gasteiger partial charge in [-0.05, 0) is 73.2 Å². The molecular formula is C28H30N4O4. The number of aryl methyl sites for hydroxylation is 1. The number of piperidine rings is 1. The van der Waals surface area contributed by atoms with Crippen LogP contribution in [0.25, 0.3) is 0 Å². The highest BCUT2D eigenvalue weighted by molar-refractivity contribution is 6.05. The van der Waals surface area contributed by atoms with Crippen LogP contribution in [-0.4, -0.2) is 47.8 Å². The molecule has 0 radical (unpaired) electrons. The first kappa shape index (κ1) is 24.9. The Morgan fingerprint density at radius 1 is 0.944 bits per heavy atom. The van der Waals surface area contributed by atoms with E-state index in [9.17, 15) is 14.4 Å². The van der Waals surface area contributed by atoms with Crippen LogP contribution < -0.4 is 15.4 Å². The number of carbonyl (C=O) groups excluding carboxylic acids is 3. The second-order valence-corrected chi connectivity index (χ2v) is 8.94. The van der Waals surface area contributed by atoms with Gasteiger partial charge in [0.2, 0.25) is 5.91 Å². The van der Waals surface area contributed by atoms with Gasteiger partial charge in [-0.1, -0.05) is 18.2 Å². The number of hydrogen-bond donors (Lipinski definition) is 2. The molecule has 1 aliphatic rings. The third-order valence-electron chi connectivity index (χ3n) is 6.43. The number of nitrogens with one attached hydrogen (secondary N) is 2. The topological polar surface area (TPSA) is 101 Å². The lowest BCUT2D eigenvalue weighted by Gasteiger charge is -2.32. The largest absolute Gasteiger partial charge is 0.497 e. The van der Waals surface area contributed by atoms with E-state index in [4.69, 9.17) is 4.74 Å². The van der Waals surface area contributed by atoms with E-state index in [2.05, 4.69) is 27.8 Å². The number of nitrogens with zero attached hydrogens (tertiary/aromatic N) is 2. The lowest BCUT2D eigenvalue weighted by Crippen LogP contribution is -2.38. The molecule has 2 aromatic carbocycles. The van der Waals surface area contributed by atoms with Crippen molar-refractivity contribution >= 4 is 29.2 Å². The van der Waals surface area contributed by atoms with Gasteiger partial charge in [0.1, 0.15) is 11.6 Å². The highest BCUT2D eigenvalue weighted by Crippen LogP contribution is 2.30. The van der Waals surface area contributed by atoms with E-state index >= 15 is 0 Å². The van der Waals surface area contributed by atoms with Crippen LogP contribution in [0, 0.1) is 6.92 Å². The van der Waals surface area contributed by atoms with Crippen molar-refractivity contribution in [3.05, 3.63) is 83.0 Å². The quantitative estimate of drug-likeness (QED) is 0.529. The van der Waals surface area contributed by atoms with Gasteiger partial charge in [0.05, 0.1) is 12.7 Å². The highest BCUT2D eigenvalue weighted by Gasteiger charge is 2.25. The van der Waals surface area contributed by atoms with Crippen molar-refractivity contribution in [3.8, 4) is 5.75 Å². The SMILES string of the molecule is COc1ccc(C2CCN(C(=O)c3ccc(C)c(NC(=O)c4ccc(NC(C)=O)nc4)c3)CC2)cc1. The first-order valence-corrected chi connectivity index (χ1v) is 11.9. The van der Waals surface area contributed by atoms with E-state index in [0.29, 0.717) is 41.6 Å². The van der Waals surface area contributed by atoms with Crippen LogP contribution in [0.4, 0.5) is 11.5 Å². The Labute approximate surface area is 210 Å². The summed E-state index contributed by atoms with van der Waals surface area (Å²) in [5, 5.41) is 5.44. The zero-order valence-corrected chi connectivity index (χ0v) is 20.7. The summed E-state index contributed by atoms with van der Waals surface area (Å²) in [7, 11) is 1.66. The second kappa shape index (κ2) is 11.0. The number of anilines is 2. The molecule has 8 nitrogen and oxygen atoms in total. The van der Waals surface area contributed by atoms with E-state index in [0.717, 1.165) is 24.2 Å². The summed E-state index contributed by atoms with van der Waals surface area (Å²) in [5.74, 6) is 1.01. The number of likely N-dealkylation sites (tertiary alicyclic amines) is 1. The van der Waals surface area contributed by atoms with Gasteiger partial charge in [0.15, 0.2) is 0 Å². The number of ether oxygens (including phenoxy) is 1. The predicted molar refractivity (Wildman–Crippen MR) is 139 cm³/mol. The van der Waals surface area contributed by atoms with E-state index in [1.807, 2.05) is 30.0 Å². The summed E-state index contributed by atoms with van der Waals surface area (Å²) in [6.45, 7) is 4.62. The molecular weight excluding hydrogens is 456 g/mol. The van der Waals surface area contributed by atoms with E-state index in [1.165, 1.54) is 18.7 Å². The van der Waals surface area contributed by atoms with Crippen LogP contribution in [0.1, 0.15) is 57.5 Å². The molecule has 1 fully saturated rings. The highest BCUT2D eigenvalue weighted by atomic mass is 16.5. The molecule has 0 unspecified atom stereocenters. The lowest BCUT2D eigenvalue weighted by molar-refractivity contribution is -0.114. The van der Waals surface area contributed by atoms with E-state index in [-0.39, 0.29) is 17.7 Å². The van der Waals surface area contributed by atoms with Crippen molar-refractivity contribution in [2.45, 2.75) is 32.6 Å². The number of benzene rings is 2. The molecule has 0 saturated carbocycles. The molecule has 36 heavy (non-hydrogen) atoms. The molecule has 1 aliphatic heterocycles. The van der Waals surface area contributed by atoms with Crippen LogP contribution in [0.5, 0.6) is 5.75 Å². The minimum atomic E-state index is -0.343. The van der Waals surface area contributed by atoms with Crippen LogP contribution in [0.2, 0.25) is 0 Å². The molecule has 3 amide bonds. The fourth-order valence-electron chi connectivity index (χ4n) is 4.34. The molecule has 2 heterocycles. The summed E-state index contributed by atoms with van der Waals surface area (Å²) >= 11 is 0. The van der Waals surface area contributed by atoms with Crippen molar-refractivity contribution in [2.75, 3.05) is 30.8 Å². The van der Waals surface area contributed by atoms with Gasteiger partial charge < -0.3 is 20.3 Å². The molecule has 0 aliphatic carbocycles. The average molecular weight is 487 g/mol. The number of rotatable bonds is 6. The van der Waals surface area contributed by atoms with Crippen molar-refractivity contribution in [1.82, 2.24) is 9.88 Å². The first-order valence-electron chi connectivity index (χ1n) is 11.9. The summed E-state index contributed by atoms with van der Waals surface area (Å²) < 4.78 is 5.24. The van der Waals surface area contributed by atoms with Gasteiger partial charge >= 0.3 is 0 Å². The molecule has 186 valence electrons. The second-order valence-electron chi connectivity index (χ2n) is 8.94. The van der Waals surface area contributed by atoms with Crippen LogP contribution in [-0.2, 0) is 4.79 Å². The van der Waals surface area contributed by atoms with E-state index < -0.39 is 0 Å². The molecule has 3 aromatic rings. The Kier molecular flexibility index (Phi) is 7.63. The van der Waals surface area contributed by atoms with Crippen molar-refractivity contribution in [2.24, 2.45) is 0 Å². The molecule has 0 spiro atoms. The zero-order valence-electron chi connectivity index (χ0n) is 20.7. The zero-order chi connectivity index (χ0) is 25.7. The number of aromatic nitrogens is 1. The van der Waals surface area contributed by atoms with Crippen molar-refractivity contribution in [3.63, 3.8) is 0 Å². The third kappa shape index (κ3) is 5.89. The molecule has 4 rings (SSSR count). The van der Waals surface area contributed by atoms with Gasteiger partial charge in [0.25, 0.3) is 11.8 Å². The van der Waals surface area contributed by atoms with E-state index in [1.54, 1.807) is 31.4 Å². The van der Waals surface area contributed by atoms with Gasteiger partial charge in [-0.3, -0.25) is 14.4 Å². The number of hydrogen-bond acceptors (Lipinski definition) is 5. The predicted octanol–water partition coefficient (Wildman–Crippen LogP) is 4.63. The van der Waals surface area contributed by atoms with Gasteiger partial charge in [-0.2, -0.15) is 0 Å².